The van der Waals surface area contributed by atoms with Crippen molar-refractivity contribution in [2.24, 2.45) is 5.14 Å². The molecule has 0 saturated heterocycles. The van der Waals surface area contributed by atoms with Crippen molar-refractivity contribution in [3.05, 3.63) is 24.0 Å². The molecule has 31 heavy (non-hydrogen) atoms. The number of nitrogens with zero attached hydrogens (tertiary/aromatic N) is 2. The van der Waals surface area contributed by atoms with Gasteiger partial charge in [0.05, 0.1) is 22.0 Å². The van der Waals surface area contributed by atoms with Crippen LogP contribution in [0.25, 0.3) is 11.0 Å². The molecule has 0 aliphatic heterocycles. The second-order valence-electron chi connectivity index (χ2n) is 8.21. The number of hydrogen-bond acceptors (Lipinski definition) is 5. The molecule has 172 valence electrons. The monoisotopic (exact) mass is 450 g/mol. The third-order valence-electron chi connectivity index (χ3n) is 5.70. The number of primary sulfonamides is 1. The first-order valence-electron chi connectivity index (χ1n) is 11.3. The molecule has 0 atom stereocenters. The Balaban J connectivity index is 1.50. The van der Waals surface area contributed by atoms with Crippen molar-refractivity contribution >= 4 is 27.0 Å². The fraction of sp³-hybridized carbons (Fsp3) is 0.636. The number of nitrogens with one attached hydrogen (secondary N) is 1. The van der Waals surface area contributed by atoms with Crippen molar-refractivity contribution in [1.82, 2.24) is 14.9 Å². The highest BCUT2D eigenvalue weighted by molar-refractivity contribution is 7.89. The van der Waals surface area contributed by atoms with Crippen molar-refractivity contribution < 1.29 is 17.9 Å². The molecular formula is C22H34N4O4S. The van der Waals surface area contributed by atoms with Crippen LogP contribution in [-0.4, -0.2) is 43.1 Å². The number of nitrogens with two attached hydrogens (primary N) is 1. The van der Waals surface area contributed by atoms with Gasteiger partial charge in [-0.15, -0.1) is 0 Å². The van der Waals surface area contributed by atoms with Crippen molar-refractivity contribution in [2.45, 2.75) is 82.3 Å². The van der Waals surface area contributed by atoms with Crippen LogP contribution in [0.4, 0.5) is 0 Å². The number of benzene rings is 1. The summed E-state index contributed by atoms with van der Waals surface area (Å²) in [5.41, 5.74) is 1.43. The largest absolute Gasteiger partial charge is 0.378 e. The number of sulfonamides is 1. The van der Waals surface area contributed by atoms with Crippen molar-refractivity contribution in [3.63, 3.8) is 0 Å². The minimum Gasteiger partial charge on any atom is -0.378 e. The first-order chi connectivity index (χ1) is 14.9. The van der Waals surface area contributed by atoms with E-state index in [0.29, 0.717) is 37.6 Å². The van der Waals surface area contributed by atoms with Crippen molar-refractivity contribution in [3.8, 4) is 0 Å². The highest BCUT2D eigenvalue weighted by Gasteiger charge is 2.16. The fourth-order valence-electron chi connectivity index (χ4n) is 4.10. The minimum absolute atomic E-state index is 0.0157. The highest BCUT2D eigenvalue weighted by atomic mass is 32.2. The summed E-state index contributed by atoms with van der Waals surface area (Å²) in [5, 5.41) is 8.19. The average Bonchev–Trinajstić information content (AvgIpc) is 3.09. The van der Waals surface area contributed by atoms with Crippen LogP contribution in [0.5, 0.6) is 0 Å². The van der Waals surface area contributed by atoms with E-state index in [2.05, 4.69) is 17.2 Å². The molecule has 1 fully saturated rings. The Hall–Kier alpha value is -1.97. The summed E-state index contributed by atoms with van der Waals surface area (Å²) in [6, 6.07) is 4.72. The Labute approximate surface area is 184 Å². The molecule has 1 aliphatic rings. The van der Waals surface area contributed by atoms with E-state index in [1.807, 2.05) is 4.57 Å². The lowest BCUT2D eigenvalue weighted by molar-refractivity contribution is -0.121. The number of aromatic nitrogens is 2. The van der Waals surface area contributed by atoms with Crippen LogP contribution in [0.15, 0.2) is 23.1 Å². The van der Waals surface area contributed by atoms with E-state index in [0.717, 1.165) is 43.6 Å². The Morgan fingerprint density at radius 1 is 1.29 bits per heavy atom. The van der Waals surface area contributed by atoms with Crippen LogP contribution < -0.4 is 10.5 Å². The number of rotatable bonds is 11. The second kappa shape index (κ2) is 11.1. The normalized spacial score (nSPS) is 15.4. The van der Waals surface area contributed by atoms with Crippen LogP contribution in [0.2, 0.25) is 0 Å². The molecule has 1 aromatic carbocycles. The molecular weight excluding hydrogens is 416 g/mol. The zero-order valence-corrected chi connectivity index (χ0v) is 19.1. The van der Waals surface area contributed by atoms with Crippen molar-refractivity contribution in [2.75, 3.05) is 13.2 Å². The lowest BCUT2D eigenvalue weighted by atomic mass is 9.98. The summed E-state index contributed by atoms with van der Waals surface area (Å²) in [5.74, 6) is 0.761. The maximum absolute atomic E-state index is 12.3. The topological polar surface area (TPSA) is 116 Å². The number of carbonyl (C=O) groups excluding carboxylic acids is 1. The molecule has 9 heteroatoms. The molecule has 0 radical (unpaired) electrons. The number of amides is 1. The summed E-state index contributed by atoms with van der Waals surface area (Å²) < 4.78 is 31.2. The SMILES string of the molecule is CCCn1c(CCC(=O)NCCCOC2CCCCC2)nc2cc(S(N)(=O)=O)ccc21. The number of ether oxygens (including phenoxy) is 1. The first kappa shape index (κ1) is 23.7. The summed E-state index contributed by atoms with van der Waals surface area (Å²) >= 11 is 0. The molecule has 0 spiro atoms. The Morgan fingerprint density at radius 3 is 2.77 bits per heavy atom. The molecule has 1 heterocycles. The highest BCUT2D eigenvalue weighted by Crippen LogP contribution is 2.22. The van der Waals surface area contributed by atoms with Gasteiger partial charge in [-0.1, -0.05) is 26.2 Å². The van der Waals surface area contributed by atoms with E-state index in [1.54, 1.807) is 6.07 Å². The van der Waals surface area contributed by atoms with Crippen LogP contribution in [0.1, 0.15) is 64.1 Å². The van der Waals surface area contributed by atoms with Gasteiger partial charge in [0.25, 0.3) is 0 Å². The molecule has 8 nitrogen and oxygen atoms in total. The van der Waals surface area contributed by atoms with E-state index in [1.165, 1.54) is 31.4 Å². The zero-order chi connectivity index (χ0) is 22.3. The van der Waals surface area contributed by atoms with Crippen molar-refractivity contribution in [1.29, 1.82) is 0 Å². The lowest BCUT2D eigenvalue weighted by Crippen LogP contribution is -2.26. The summed E-state index contributed by atoms with van der Waals surface area (Å²) in [7, 11) is -3.78. The lowest BCUT2D eigenvalue weighted by Gasteiger charge is -2.21. The molecule has 0 bridgehead atoms. The number of hydrogen-bond donors (Lipinski definition) is 2. The van der Waals surface area contributed by atoms with Crippen LogP contribution in [0, 0.1) is 0 Å². The summed E-state index contributed by atoms with van der Waals surface area (Å²) in [6.45, 7) is 4.11. The Kier molecular flexibility index (Phi) is 8.45. The molecule has 3 N–H and O–H groups in total. The van der Waals surface area contributed by atoms with Crippen LogP contribution in [-0.2, 0) is 32.5 Å². The Bertz CT molecular complexity index is 981. The molecule has 1 aliphatic carbocycles. The molecule has 1 saturated carbocycles. The molecule has 0 unspecified atom stereocenters. The van der Waals surface area contributed by atoms with Gasteiger partial charge in [0.15, 0.2) is 0 Å². The maximum Gasteiger partial charge on any atom is 0.238 e. The number of imidazole rings is 1. The molecule has 1 amide bonds. The molecule has 3 rings (SSSR count). The van der Waals surface area contributed by atoms with Crippen LogP contribution >= 0.6 is 0 Å². The van der Waals surface area contributed by atoms with Gasteiger partial charge < -0.3 is 14.6 Å². The Morgan fingerprint density at radius 2 is 2.06 bits per heavy atom. The molecule has 2 aromatic rings. The quantitative estimate of drug-likeness (QED) is 0.511. The van der Waals surface area contributed by atoms with Gasteiger partial charge in [-0.05, 0) is 43.9 Å². The molecule has 1 aromatic heterocycles. The van der Waals surface area contributed by atoms with E-state index in [9.17, 15) is 13.2 Å². The smallest absolute Gasteiger partial charge is 0.238 e. The predicted octanol–water partition coefficient (Wildman–Crippen LogP) is 2.88. The number of fused-ring (bicyclic) bond motifs is 1. The maximum atomic E-state index is 12.3. The number of carbonyl (C=O) groups is 1. The van der Waals surface area contributed by atoms with Gasteiger partial charge in [-0.25, -0.2) is 18.5 Å². The average molecular weight is 451 g/mol. The predicted molar refractivity (Wildman–Crippen MR) is 120 cm³/mol. The summed E-state index contributed by atoms with van der Waals surface area (Å²) in [6.07, 6.45) is 9.08. The van der Waals surface area contributed by atoms with Gasteiger partial charge in [0.2, 0.25) is 15.9 Å². The van der Waals surface area contributed by atoms with Gasteiger partial charge in [0, 0.05) is 32.5 Å². The van der Waals surface area contributed by atoms with E-state index in [4.69, 9.17) is 9.88 Å². The number of aryl methyl sites for hydroxylation is 2. The third kappa shape index (κ3) is 6.75. The van der Waals surface area contributed by atoms with Gasteiger partial charge in [-0.3, -0.25) is 4.79 Å². The van der Waals surface area contributed by atoms with Gasteiger partial charge in [0.1, 0.15) is 5.82 Å². The van der Waals surface area contributed by atoms with Gasteiger partial charge >= 0.3 is 0 Å². The van der Waals surface area contributed by atoms with E-state index >= 15 is 0 Å². The summed E-state index contributed by atoms with van der Waals surface area (Å²) in [4.78, 5) is 16.9. The van der Waals surface area contributed by atoms with E-state index < -0.39 is 10.0 Å². The zero-order valence-electron chi connectivity index (χ0n) is 18.3. The third-order valence-corrected chi connectivity index (χ3v) is 6.61. The minimum atomic E-state index is -3.78. The second-order valence-corrected chi connectivity index (χ2v) is 9.77. The standard InChI is InChI=1S/C22H34N4O4S/c1-2-14-26-20-10-9-18(31(23,28)29)16-19(20)25-21(26)11-12-22(27)24-13-6-15-30-17-7-4-3-5-8-17/h9-10,16-17H,2-8,11-15H2,1H3,(H,24,27)(H2,23,28,29). The van der Waals surface area contributed by atoms with Crippen LogP contribution in [0.3, 0.4) is 0 Å². The fourth-order valence-corrected chi connectivity index (χ4v) is 4.63. The van der Waals surface area contributed by atoms with Gasteiger partial charge in [-0.2, -0.15) is 0 Å². The van der Waals surface area contributed by atoms with E-state index in [-0.39, 0.29) is 10.8 Å². The first-order valence-corrected chi connectivity index (χ1v) is 12.8.